The molecule has 4 aliphatic rings. The topological polar surface area (TPSA) is 219 Å². The molecule has 80 heavy (non-hydrogen) atoms. The number of hydrogen-bond acceptors (Lipinski definition) is 10. The molecular weight excluding hydrogens is 1010 g/mol. The summed E-state index contributed by atoms with van der Waals surface area (Å²) in [6, 6.07) is 23.3. The Kier molecular flexibility index (Phi) is 18.5. The van der Waals surface area contributed by atoms with Crippen molar-refractivity contribution in [3.8, 4) is 5.75 Å². The average Bonchev–Trinajstić information content (AvgIpc) is 3.89. The van der Waals surface area contributed by atoms with Gasteiger partial charge in [-0.1, -0.05) is 108 Å². The maximum atomic E-state index is 14.8. The number of nitrogens with one attached hydrogen (secondary N) is 7. The highest BCUT2D eigenvalue weighted by molar-refractivity contribution is 5.97. The Balaban J connectivity index is 0.955. The van der Waals surface area contributed by atoms with E-state index in [1.54, 1.807) is 45.0 Å². The van der Waals surface area contributed by atoms with Crippen LogP contribution in [0.25, 0.3) is 0 Å². The van der Waals surface area contributed by atoms with E-state index in [-0.39, 0.29) is 80.1 Å². The summed E-state index contributed by atoms with van der Waals surface area (Å²) in [5, 5.41) is 21.5. The van der Waals surface area contributed by atoms with Crippen molar-refractivity contribution < 1.29 is 38.3 Å². The largest absolute Gasteiger partial charge is 0.489 e. The number of fused-ring (bicyclic) bond motifs is 3. The summed E-state index contributed by atoms with van der Waals surface area (Å²) >= 11 is 0. The third-order valence-corrected chi connectivity index (χ3v) is 16.6. The Morgan fingerprint density at radius 3 is 1.64 bits per heavy atom. The zero-order chi connectivity index (χ0) is 57.6. The first-order valence-electron chi connectivity index (χ1n) is 28.5. The van der Waals surface area contributed by atoms with E-state index < -0.39 is 59.0 Å². The van der Waals surface area contributed by atoms with Crippen molar-refractivity contribution in [2.45, 2.75) is 174 Å². The van der Waals surface area contributed by atoms with Crippen LogP contribution in [-0.4, -0.2) is 114 Å². The van der Waals surface area contributed by atoms with E-state index in [4.69, 9.17) is 4.74 Å². The molecule has 1 saturated heterocycles. The smallest absolute Gasteiger partial charge is 0.251 e. The molecule has 0 spiro atoms. The van der Waals surface area contributed by atoms with Crippen LogP contribution in [0.4, 0.5) is 0 Å². The van der Waals surface area contributed by atoms with Gasteiger partial charge in [0.1, 0.15) is 36.5 Å². The molecule has 428 valence electrons. The lowest BCUT2D eigenvalue weighted by Crippen LogP contribution is -2.62. The quantitative estimate of drug-likeness (QED) is 0.0666. The molecule has 17 heteroatoms. The highest BCUT2D eigenvalue weighted by Crippen LogP contribution is 2.35. The fraction of sp³-hybridized carbons (Fsp3) is 0.508. The molecule has 0 radical (unpaired) electrons. The van der Waals surface area contributed by atoms with Crippen LogP contribution in [0.1, 0.15) is 149 Å². The van der Waals surface area contributed by atoms with Crippen LogP contribution < -0.4 is 42.0 Å². The molecule has 4 aromatic rings. The normalized spacial score (nSPS) is 21.2. The number of ether oxygens (including phenoxy) is 1. The van der Waals surface area contributed by atoms with Gasteiger partial charge in [-0.3, -0.25) is 33.6 Å². The van der Waals surface area contributed by atoms with Crippen LogP contribution in [0.2, 0.25) is 0 Å². The number of rotatable bonds is 17. The second-order valence-electron chi connectivity index (χ2n) is 24.5. The molecule has 17 nitrogen and oxygen atoms in total. The van der Waals surface area contributed by atoms with Gasteiger partial charge in [0.25, 0.3) is 5.91 Å². The van der Waals surface area contributed by atoms with Crippen LogP contribution in [0, 0.1) is 10.8 Å². The molecule has 2 aliphatic carbocycles. The average molecular weight is 1090 g/mol. The van der Waals surface area contributed by atoms with Gasteiger partial charge < -0.3 is 51.8 Å². The number of amides is 7. The zero-order valence-electron chi connectivity index (χ0n) is 48.3. The first-order valence-corrected chi connectivity index (χ1v) is 28.5. The highest BCUT2D eigenvalue weighted by atomic mass is 16.5. The number of hydrogen-bond donors (Lipinski definition) is 7. The highest BCUT2D eigenvalue weighted by Gasteiger charge is 2.47. The lowest BCUT2D eigenvalue weighted by molar-refractivity contribution is -0.147. The van der Waals surface area contributed by atoms with Crippen molar-refractivity contribution in [3.63, 3.8) is 0 Å². The van der Waals surface area contributed by atoms with Gasteiger partial charge in [-0.15, -0.1) is 0 Å². The van der Waals surface area contributed by atoms with Crippen molar-refractivity contribution in [1.29, 1.82) is 0 Å². The third kappa shape index (κ3) is 13.7. The Morgan fingerprint density at radius 1 is 0.600 bits per heavy atom. The molecular formula is C63H83N9O8. The molecule has 8 rings (SSSR count). The van der Waals surface area contributed by atoms with Gasteiger partial charge in [0.2, 0.25) is 35.4 Å². The number of likely N-dealkylation sites (N-methyl/N-ethyl adjacent to an activating group) is 2. The summed E-state index contributed by atoms with van der Waals surface area (Å²) in [7, 11) is 3.36. The van der Waals surface area contributed by atoms with E-state index in [9.17, 15) is 33.6 Å². The maximum absolute atomic E-state index is 14.8. The van der Waals surface area contributed by atoms with E-state index in [0.717, 1.165) is 66.3 Å². The van der Waals surface area contributed by atoms with Gasteiger partial charge in [-0.2, -0.15) is 0 Å². The minimum Gasteiger partial charge on any atom is -0.489 e. The minimum atomic E-state index is -0.947. The Morgan fingerprint density at radius 2 is 1.11 bits per heavy atom. The van der Waals surface area contributed by atoms with Gasteiger partial charge >= 0.3 is 0 Å². The second kappa shape index (κ2) is 25.1. The van der Waals surface area contributed by atoms with Crippen LogP contribution in [-0.2, 0) is 61.2 Å². The maximum Gasteiger partial charge on any atom is 0.251 e. The molecule has 7 amide bonds. The van der Waals surface area contributed by atoms with E-state index in [1.165, 1.54) is 16.0 Å². The van der Waals surface area contributed by atoms with Crippen molar-refractivity contribution in [2.24, 2.45) is 10.8 Å². The van der Waals surface area contributed by atoms with E-state index >= 15 is 0 Å². The molecule has 7 N–H and O–H groups in total. The standard InChI is InChI=1S/C63H83N9O8/c1-37(64-9)55(73)69-53(62(3,4)5)60(78)71-34-43-29-30-46(31-44(43)32-51(71)58(76)67-49-23-15-19-40-17-11-13-21-47(40)49)80-36-39-25-27-42(28-26-39)57(75)66-45-33-52(59(77)68-50-24-16-20-41-18-12-14-22-48(41)50)72(35-45)61(79)54(63(6,7)8)70-56(74)38(2)65-10/h11-14,17-18,21-22,25-31,37-38,45,49-54,64-65H,15-16,19-20,23-24,32-36H2,1-10H3,(H,66,75)(H,67,76)(H,68,77)(H,69,73)(H,70,74)/t37-,38-,45-,49?,50?,51-,52-,53+,54+/m0/s1. The predicted molar refractivity (Wildman–Crippen MR) is 307 cm³/mol. The molecule has 2 heterocycles. The number of aryl methyl sites for hydroxylation is 2. The van der Waals surface area contributed by atoms with Gasteiger partial charge in [0.05, 0.1) is 24.2 Å². The molecule has 0 aromatic heterocycles. The fourth-order valence-corrected chi connectivity index (χ4v) is 11.5. The van der Waals surface area contributed by atoms with Crippen molar-refractivity contribution >= 4 is 41.4 Å². The van der Waals surface area contributed by atoms with Crippen molar-refractivity contribution in [1.82, 2.24) is 47.0 Å². The van der Waals surface area contributed by atoms with Crippen LogP contribution >= 0.6 is 0 Å². The van der Waals surface area contributed by atoms with Crippen LogP contribution in [0.3, 0.4) is 0 Å². The lowest BCUT2D eigenvalue weighted by Gasteiger charge is -2.41. The molecule has 0 bridgehead atoms. The van der Waals surface area contributed by atoms with Gasteiger partial charge in [0, 0.05) is 31.1 Å². The first kappa shape index (κ1) is 59.0. The number of nitrogens with zero attached hydrogens (tertiary/aromatic N) is 2. The number of likely N-dealkylation sites (tertiary alicyclic amines) is 1. The second-order valence-corrected chi connectivity index (χ2v) is 24.5. The molecule has 1 fully saturated rings. The third-order valence-electron chi connectivity index (χ3n) is 16.6. The predicted octanol–water partition coefficient (Wildman–Crippen LogP) is 5.88. The molecule has 0 saturated carbocycles. The summed E-state index contributed by atoms with van der Waals surface area (Å²) in [5.74, 6) is -1.74. The molecule has 4 aromatic carbocycles. The van der Waals surface area contributed by atoms with Gasteiger partial charge in [-0.25, -0.2) is 0 Å². The number of carbonyl (C=O) groups excluding carboxylic acids is 7. The molecule has 2 unspecified atom stereocenters. The first-order chi connectivity index (χ1) is 38.0. The van der Waals surface area contributed by atoms with Crippen LogP contribution in [0.15, 0.2) is 91.0 Å². The number of carbonyl (C=O) groups is 7. The van der Waals surface area contributed by atoms with Gasteiger partial charge in [-0.05, 0) is 147 Å². The van der Waals surface area contributed by atoms with Gasteiger partial charge in [0.15, 0.2) is 0 Å². The summed E-state index contributed by atoms with van der Waals surface area (Å²) in [4.78, 5) is 102. The fourth-order valence-electron chi connectivity index (χ4n) is 11.5. The molecule has 9 atom stereocenters. The van der Waals surface area contributed by atoms with Crippen molar-refractivity contribution in [2.75, 3.05) is 20.6 Å². The van der Waals surface area contributed by atoms with Crippen LogP contribution in [0.5, 0.6) is 5.75 Å². The van der Waals surface area contributed by atoms with E-state index in [2.05, 4.69) is 55.4 Å². The SMILES string of the molecule is CN[C@@H](C)C(=O)N[C@H](C(=O)N1Cc2ccc(OCc3ccc(C(=O)N[C@H]4C[C@@H](C(=O)NC5CCCc6ccccc65)N(C(=O)[C@@H](NC(=O)[C@H](C)NC)C(C)(C)C)C4)cc3)cc2C[C@H]1C(=O)NC1CCCc2ccccc21)C(C)(C)C. The number of benzene rings is 4. The summed E-state index contributed by atoms with van der Waals surface area (Å²) < 4.78 is 6.34. The molecule has 2 aliphatic heterocycles. The summed E-state index contributed by atoms with van der Waals surface area (Å²) in [6.07, 6.45) is 5.67. The summed E-state index contributed by atoms with van der Waals surface area (Å²) in [6.45, 7) is 15.2. The Labute approximate surface area is 471 Å². The minimum absolute atomic E-state index is 0.0708. The summed E-state index contributed by atoms with van der Waals surface area (Å²) in [5.41, 5.74) is 6.10. The lowest BCUT2D eigenvalue weighted by atomic mass is 9.83. The van der Waals surface area contributed by atoms with Crippen molar-refractivity contribution in [3.05, 3.63) is 136 Å². The zero-order valence-corrected chi connectivity index (χ0v) is 48.3. The van der Waals surface area contributed by atoms with E-state index in [0.29, 0.717) is 11.3 Å². The Hall–Kier alpha value is -7.11. The Bertz CT molecular complexity index is 2930. The monoisotopic (exact) mass is 1090 g/mol. The van der Waals surface area contributed by atoms with E-state index in [1.807, 2.05) is 102 Å².